The Bertz CT molecular complexity index is 8820. The topological polar surface area (TPSA) is 104 Å². The van der Waals surface area contributed by atoms with Crippen LogP contribution in [0.4, 0.5) is 119 Å². The van der Waals surface area contributed by atoms with Crippen LogP contribution in [-0.4, -0.2) is 0 Å². The molecule has 24 aromatic carbocycles. The minimum absolute atomic E-state index is 0.595. The third kappa shape index (κ3) is 15.9. The predicted molar refractivity (Wildman–Crippen MR) is 600 cm³/mol. The van der Waals surface area contributed by atoms with Crippen molar-refractivity contribution in [2.24, 2.45) is 0 Å². The van der Waals surface area contributed by atoms with Crippen molar-refractivity contribution < 1.29 is 0 Å². The maximum atomic E-state index is 10.2. The zero-order valence-electron chi connectivity index (χ0n) is 79.9. The average molecular weight is 1840 g/mol. The van der Waals surface area contributed by atoms with E-state index >= 15 is 0 Å². The van der Waals surface area contributed by atoms with Crippen molar-refractivity contribution in [3.05, 3.63) is 521 Å². The molecule has 0 aliphatic carbocycles. The van der Waals surface area contributed by atoms with E-state index in [9.17, 15) is 15.8 Å². The summed E-state index contributed by atoms with van der Waals surface area (Å²) in [6.45, 7) is 36.3. The monoisotopic (exact) mass is 1840 g/mol. The number of hydrogen-bond acceptors (Lipinski definition) is 9. The minimum atomic E-state index is 0.595. The highest BCUT2D eigenvalue weighted by molar-refractivity contribution is 6.33. The normalized spacial score (nSPS) is 11.1. The minimum Gasteiger partial charge on any atom is -0.320 e. The highest BCUT2D eigenvalue weighted by Gasteiger charge is 2.31. The van der Waals surface area contributed by atoms with Gasteiger partial charge in [0.25, 0.3) is 0 Å². The van der Waals surface area contributed by atoms with E-state index < -0.39 is 0 Å². The molecule has 0 heterocycles. The van der Waals surface area contributed by atoms with Gasteiger partial charge < -0.3 is 29.4 Å². The molecule has 144 heavy (non-hydrogen) atoms. The molecule has 0 atom stereocenters. The van der Waals surface area contributed by atoms with Gasteiger partial charge in [0.2, 0.25) is 5.69 Å². The van der Waals surface area contributed by atoms with Crippen LogP contribution in [0, 0.1) is 95.3 Å². The van der Waals surface area contributed by atoms with E-state index in [0.29, 0.717) is 33.8 Å². The standard InChI is InChI=1S/3C44H30N4/c1-29-26-41(47(32-15-6-4-7-16-32)39-20-12-10-14-31(39)28-45)36-24-22-35-30(2)27-42(37-25-23-34(29)43(36)44(35)37)48(33-17-8-5-9-18-33)40-21-13-11-19-38(40)46-3;1-29-24-41(47(33-14-6-4-7-15-33)35-18-10-12-31(26-35)28-45)39-22-20-38-30(2)25-42(40-23-21-37(29)43(39)44(38)40)48(34-16-8-5-9-17-34)36-19-11-13-32(27-36)46-3;1-29-26-41(47(33-10-6-4-7-11-33)35-18-14-31(28-45)15-19-35)39-24-22-38-30(2)27-42(40-25-23-37(29)43(39)44(38)40)48(34-12-8-5-9-13-34)36-20-16-32(46-3)17-21-36/h3*4-27H,1-2H3. The van der Waals surface area contributed by atoms with Crippen molar-refractivity contribution in [3.63, 3.8) is 0 Å². The van der Waals surface area contributed by atoms with Gasteiger partial charge in [0.05, 0.1) is 94.0 Å². The summed E-state index contributed by atoms with van der Waals surface area (Å²) in [6, 6.07) is 157. The van der Waals surface area contributed by atoms with Crippen LogP contribution < -0.4 is 29.4 Å². The van der Waals surface area contributed by atoms with Crippen LogP contribution in [0.5, 0.6) is 0 Å². The number of anilines is 18. The summed E-state index contributed by atoms with van der Waals surface area (Å²) >= 11 is 0. The van der Waals surface area contributed by atoms with E-state index in [-0.39, 0.29) is 0 Å². The lowest BCUT2D eigenvalue weighted by Gasteiger charge is -2.31. The Balaban J connectivity index is 0.000000123. The lowest BCUT2D eigenvalue weighted by molar-refractivity contribution is 1.28. The number of para-hydroxylation sites is 9. The molecule has 12 heteroatoms. The number of hydrogen-bond donors (Lipinski definition) is 0. The summed E-state index contributed by atoms with van der Waals surface area (Å²) in [5.41, 5.74) is 28.7. The second-order valence-electron chi connectivity index (χ2n) is 36.3. The van der Waals surface area contributed by atoms with Gasteiger partial charge in [0.1, 0.15) is 6.07 Å². The molecule has 24 rings (SSSR count). The van der Waals surface area contributed by atoms with Crippen molar-refractivity contribution in [2.75, 3.05) is 29.4 Å². The first-order chi connectivity index (χ1) is 70.7. The van der Waals surface area contributed by atoms with E-state index in [1.807, 2.05) is 194 Å². The van der Waals surface area contributed by atoms with Gasteiger partial charge in [-0.05, 0) is 334 Å². The molecule has 12 nitrogen and oxygen atoms in total. The summed E-state index contributed by atoms with van der Waals surface area (Å²) in [5, 5.41) is 50.8. The highest BCUT2D eigenvalue weighted by atomic mass is 15.2. The zero-order chi connectivity index (χ0) is 98.3. The van der Waals surface area contributed by atoms with E-state index in [2.05, 4.69) is 346 Å². The van der Waals surface area contributed by atoms with Crippen LogP contribution in [0.1, 0.15) is 50.1 Å². The number of benzene rings is 24. The van der Waals surface area contributed by atoms with Gasteiger partial charge in [-0.25, -0.2) is 14.5 Å². The van der Waals surface area contributed by atoms with Crippen LogP contribution >= 0.6 is 0 Å². The van der Waals surface area contributed by atoms with Gasteiger partial charge in [-0.15, -0.1) is 0 Å². The van der Waals surface area contributed by atoms with Crippen molar-refractivity contribution in [1.29, 1.82) is 15.8 Å². The molecule has 0 spiro atoms. The van der Waals surface area contributed by atoms with E-state index in [0.717, 1.165) is 146 Å². The fourth-order valence-electron chi connectivity index (χ4n) is 21.3. The molecule has 0 amide bonds. The lowest BCUT2D eigenvalue weighted by atomic mass is 9.88. The van der Waals surface area contributed by atoms with Crippen LogP contribution in [0.3, 0.4) is 0 Å². The Morgan fingerprint density at radius 2 is 0.438 bits per heavy atom. The first-order valence-corrected chi connectivity index (χ1v) is 47.9. The summed E-state index contributed by atoms with van der Waals surface area (Å²) in [5.74, 6) is 0. The van der Waals surface area contributed by atoms with Crippen molar-refractivity contribution in [1.82, 2.24) is 0 Å². The zero-order valence-corrected chi connectivity index (χ0v) is 79.9. The van der Waals surface area contributed by atoms with Gasteiger partial charge in [0, 0.05) is 89.2 Å². The Morgan fingerprint density at radius 1 is 0.181 bits per heavy atom. The van der Waals surface area contributed by atoms with Gasteiger partial charge in [-0.3, -0.25) is 0 Å². The fourth-order valence-corrected chi connectivity index (χ4v) is 21.3. The molecule has 0 unspecified atom stereocenters. The highest BCUT2D eigenvalue weighted by Crippen LogP contribution is 2.56. The molecule has 0 aromatic heterocycles. The third-order valence-electron chi connectivity index (χ3n) is 27.8. The largest absolute Gasteiger partial charge is 0.320 e. The summed E-state index contributed by atoms with van der Waals surface area (Å²) in [6.07, 6.45) is 0. The van der Waals surface area contributed by atoms with Crippen molar-refractivity contribution >= 4 is 216 Å². The van der Waals surface area contributed by atoms with Crippen LogP contribution in [0.2, 0.25) is 0 Å². The first-order valence-electron chi connectivity index (χ1n) is 47.9. The first kappa shape index (κ1) is 89.4. The molecule has 0 saturated heterocycles. The molecule has 678 valence electrons. The molecule has 0 radical (unpaired) electrons. The summed E-state index contributed by atoms with van der Waals surface area (Å²) < 4.78 is 0. The second-order valence-corrected chi connectivity index (χ2v) is 36.3. The van der Waals surface area contributed by atoms with Gasteiger partial charge in [-0.1, -0.05) is 243 Å². The Hall–Kier alpha value is -19.9. The second kappa shape index (κ2) is 37.9. The number of nitriles is 3. The molecule has 24 aromatic rings. The smallest absolute Gasteiger partial charge is 0.210 e. The number of rotatable bonds is 18. The molecule has 0 saturated carbocycles. The van der Waals surface area contributed by atoms with Crippen molar-refractivity contribution in [2.45, 2.75) is 41.5 Å². The van der Waals surface area contributed by atoms with E-state index in [1.54, 1.807) is 0 Å². The summed E-state index contributed by atoms with van der Waals surface area (Å²) in [7, 11) is 0. The Labute approximate surface area is 836 Å². The molecular formula is C132H90N12. The maximum Gasteiger partial charge on any atom is 0.210 e. The fraction of sp³-hybridized carbons (Fsp3) is 0.0455. The quantitative estimate of drug-likeness (QED) is 0.0614. The average Bonchev–Trinajstić information content (AvgIpc) is 0.710. The number of nitrogens with zero attached hydrogens (tertiary/aromatic N) is 12. The van der Waals surface area contributed by atoms with Crippen LogP contribution in [-0.2, 0) is 0 Å². The lowest BCUT2D eigenvalue weighted by Crippen LogP contribution is -2.13. The molecule has 0 fully saturated rings. The molecular weight excluding hydrogens is 1750 g/mol. The molecule has 0 N–H and O–H groups in total. The number of aryl methyl sites for hydroxylation is 6. The van der Waals surface area contributed by atoms with Crippen molar-refractivity contribution in [3.8, 4) is 18.2 Å². The van der Waals surface area contributed by atoms with Gasteiger partial charge >= 0.3 is 0 Å². The summed E-state index contributed by atoms with van der Waals surface area (Å²) in [4.78, 5) is 24.9. The van der Waals surface area contributed by atoms with E-state index in [1.165, 1.54) is 86.9 Å². The van der Waals surface area contributed by atoms with Gasteiger partial charge in [-0.2, -0.15) is 15.8 Å². The third-order valence-corrected chi connectivity index (χ3v) is 27.8. The maximum absolute atomic E-state index is 10.2. The van der Waals surface area contributed by atoms with Crippen LogP contribution in [0.15, 0.2) is 437 Å². The van der Waals surface area contributed by atoms with Gasteiger partial charge in [0.15, 0.2) is 11.4 Å². The molecule has 0 bridgehead atoms. The van der Waals surface area contributed by atoms with Crippen LogP contribution in [0.25, 0.3) is 111 Å². The molecule has 0 aliphatic heterocycles. The molecule has 0 aliphatic rings. The van der Waals surface area contributed by atoms with E-state index in [4.69, 9.17) is 19.7 Å². The predicted octanol–water partition coefficient (Wildman–Crippen LogP) is 37.7. The Morgan fingerprint density at radius 3 is 0.764 bits per heavy atom. The SMILES string of the molecule is [C-]#[N+]c1ccc(N(c2ccccc2)c2cc(C)c3ccc4c(N(c5ccccc5)c5ccc(C#N)cc5)cc(C)c5ccc2c3c54)cc1.[C-]#[N+]c1cccc(N(c2ccccc2)c2cc(C)c3ccc4c(N(c5ccccc5)c5cccc(C#N)c5)cc(C)c5ccc2c3c54)c1.[C-]#[N+]c1ccccc1N(c1ccccc1)c1cc(C)c2ccc3c(N(c4ccccc4)c4ccccc4C#N)cc(C)c4ccc1c2c43. The Kier molecular flexibility index (Phi) is 23.5.